The van der Waals surface area contributed by atoms with E-state index in [0.717, 1.165) is 0 Å². The fourth-order valence-electron chi connectivity index (χ4n) is 2.30. The molecule has 6 nitrogen and oxygen atoms in total. The van der Waals surface area contributed by atoms with E-state index in [9.17, 15) is 9.36 Å². The smallest absolute Gasteiger partial charge is 0.357 e. The zero-order valence-electron chi connectivity index (χ0n) is 10.8. The molecule has 1 N–H and O–H groups in total. The zero-order valence-corrected chi connectivity index (χ0v) is 11.7. The molecule has 2 rings (SSSR count). The molecule has 7 heteroatoms. The van der Waals surface area contributed by atoms with Gasteiger partial charge < -0.3 is 19.1 Å². The summed E-state index contributed by atoms with van der Waals surface area (Å²) in [5.74, 6) is -1.08. The lowest BCUT2D eigenvalue weighted by Gasteiger charge is -2.29. The number of hydrogen-bond donors (Lipinski definition) is 1. The second-order valence-electron chi connectivity index (χ2n) is 4.09. The third-order valence-corrected chi connectivity index (χ3v) is 5.35. The van der Waals surface area contributed by atoms with Crippen molar-refractivity contribution in [3.05, 3.63) is 35.4 Å². The van der Waals surface area contributed by atoms with Crippen molar-refractivity contribution >= 4 is 13.5 Å². The molecule has 0 fully saturated rings. The largest absolute Gasteiger partial charge is 0.395 e. The van der Waals surface area contributed by atoms with Gasteiger partial charge in [0, 0.05) is 26.3 Å². The average molecular weight is 285 g/mol. The van der Waals surface area contributed by atoms with Crippen LogP contribution in [0, 0.1) is 0 Å². The zero-order chi connectivity index (χ0) is 14.0. The summed E-state index contributed by atoms with van der Waals surface area (Å²) in [6, 6.07) is 6.88. The standard InChI is InChI=1S/C12H16NO5P/c1-17-19(16,18-2)12-10-6-4-3-5-9(10)11(15)13(12)7-8-14/h3-6,12,14H,7-8H2,1-2H3/t12-/m0/s1. The topological polar surface area (TPSA) is 76.1 Å². The molecular formula is C12H16NO5P. The van der Waals surface area contributed by atoms with Crippen molar-refractivity contribution in [3.63, 3.8) is 0 Å². The Morgan fingerprint density at radius 3 is 2.53 bits per heavy atom. The Morgan fingerprint density at radius 1 is 1.32 bits per heavy atom. The Hall–Kier alpha value is -1.20. The predicted molar refractivity (Wildman–Crippen MR) is 68.9 cm³/mol. The number of fused-ring (bicyclic) bond motifs is 1. The summed E-state index contributed by atoms with van der Waals surface area (Å²) in [5, 5.41) is 9.09. The van der Waals surface area contributed by atoms with E-state index in [1.807, 2.05) is 0 Å². The number of benzene rings is 1. The third kappa shape index (κ3) is 2.21. The van der Waals surface area contributed by atoms with Gasteiger partial charge in [0.15, 0.2) is 5.78 Å². The third-order valence-electron chi connectivity index (χ3n) is 3.17. The Morgan fingerprint density at radius 2 is 1.95 bits per heavy atom. The van der Waals surface area contributed by atoms with E-state index in [4.69, 9.17) is 14.2 Å². The van der Waals surface area contributed by atoms with Gasteiger partial charge in [0.05, 0.1) is 6.61 Å². The van der Waals surface area contributed by atoms with Crippen molar-refractivity contribution in [2.45, 2.75) is 5.78 Å². The summed E-state index contributed by atoms with van der Waals surface area (Å²) >= 11 is 0. The number of nitrogens with zero attached hydrogens (tertiary/aromatic N) is 1. The van der Waals surface area contributed by atoms with Crippen molar-refractivity contribution < 1.29 is 23.5 Å². The van der Waals surface area contributed by atoms with E-state index in [1.54, 1.807) is 24.3 Å². The molecule has 1 aliphatic rings. The molecule has 19 heavy (non-hydrogen) atoms. The SMILES string of the molecule is COP(=O)(OC)[C@H]1c2ccccc2C(=O)N1CCO. The van der Waals surface area contributed by atoms with Gasteiger partial charge in [-0.15, -0.1) is 0 Å². The van der Waals surface area contributed by atoms with E-state index >= 15 is 0 Å². The molecule has 0 radical (unpaired) electrons. The second kappa shape index (κ2) is 5.43. The van der Waals surface area contributed by atoms with Crippen LogP contribution in [0.2, 0.25) is 0 Å². The monoisotopic (exact) mass is 285 g/mol. The fourth-order valence-corrected chi connectivity index (χ4v) is 3.97. The summed E-state index contributed by atoms with van der Waals surface area (Å²) in [5.41, 5.74) is 1.07. The number of hydrogen-bond acceptors (Lipinski definition) is 5. The Labute approximate surface area is 111 Å². The summed E-state index contributed by atoms with van der Waals surface area (Å²) < 4.78 is 22.6. The maximum atomic E-state index is 12.6. The van der Waals surface area contributed by atoms with Gasteiger partial charge >= 0.3 is 7.60 Å². The first-order valence-corrected chi connectivity index (χ1v) is 7.42. The highest BCUT2D eigenvalue weighted by Gasteiger charge is 2.48. The number of rotatable bonds is 5. The molecule has 1 atom stereocenters. The minimum absolute atomic E-state index is 0.0783. The van der Waals surface area contributed by atoms with Crippen LogP contribution in [0.15, 0.2) is 24.3 Å². The van der Waals surface area contributed by atoms with Gasteiger partial charge in [-0.05, 0) is 11.6 Å². The maximum absolute atomic E-state index is 12.6. The molecule has 0 aliphatic carbocycles. The molecule has 0 saturated heterocycles. The van der Waals surface area contributed by atoms with Gasteiger partial charge in [-0.25, -0.2) is 0 Å². The molecule has 1 heterocycles. The van der Waals surface area contributed by atoms with Crippen LogP contribution in [0.4, 0.5) is 0 Å². The number of amides is 1. The van der Waals surface area contributed by atoms with E-state index in [-0.39, 0.29) is 19.1 Å². The normalized spacial score (nSPS) is 18.8. The Bertz CT molecular complexity index is 525. The molecule has 0 spiro atoms. The van der Waals surface area contributed by atoms with Gasteiger partial charge in [-0.2, -0.15) is 0 Å². The van der Waals surface area contributed by atoms with Crippen LogP contribution < -0.4 is 0 Å². The highest BCUT2D eigenvalue weighted by Crippen LogP contribution is 2.63. The van der Waals surface area contributed by atoms with Crippen LogP contribution in [-0.2, 0) is 13.6 Å². The molecule has 1 aromatic carbocycles. The fraction of sp³-hybridized carbons (Fsp3) is 0.417. The van der Waals surface area contributed by atoms with Gasteiger partial charge in [0.1, 0.15) is 0 Å². The highest BCUT2D eigenvalue weighted by molar-refractivity contribution is 7.54. The van der Waals surface area contributed by atoms with Crippen molar-refractivity contribution in [2.24, 2.45) is 0 Å². The van der Waals surface area contributed by atoms with Gasteiger partial charge in [0.25, 0.3) is 5.91 Å². The summed E-state index contributed by atoms with van der Waals surface area (Å²) in [6.45, 7) is -0.140. The molecule has 104 valence electrons. The molecule has 0 aromatic heterocycles. The maximum Gasteiger partial charge on any atom is 0.357 e. The van der Waals surface area contributed by atoms with Crippen molar-refractivity contribution in [2.75, 3.05) is 27.4 Å². The summed E-state index contributed by atoms with van der Waals surface area (Å²) in [4.78, 5) is 13.6. The van der Waals surface area contributed by atoms with Crippen LogP contribution in [-0.4, -0.2) is 43.3 Å². The molecule has 0 bridgehead atoms. The number of aliphatic hydroxyl groups excluding tert-OH is 1. The van der Waals surface area contributed by atoms with E-state index in [2.05, 4.69) is 0 Å². The van der Waals surface area contributed by atoms with E-state index in [1.165, 1.54) is 19.1 Å². The van der Waals surface area contributed by atoms with Gasteiger partial charge in [-0.3, -0.25) is 9.36 Å². The lowest BCUT2D eigenvalue weighted by Crippen LogP contribution is -2.31. The lowest BCUT2D eigenvalue weighted by atomic mass is 10.1. The number of carbonyl (C=O) groups is 1. The van der Waals surface area contributed by atoms with Crippen molar-refractivity contribution in [1.29, 1.82) is 0 Å². The van der Waals surface area contributed by atoms with Crippen LogP contribution in [0.3, 0.4) is 0 Å². The lowest BCUT2D eigenvalue weighted by molar-refractivity contribution is 0.0709. The van der Waals surface area contributed by atoms with Gasteiger partial charge in [0.2, 0.25) is 0 Å². The number of aliphatic hydroxyl groups is 1. The van der Waals surface area contributed by atoms with E-state index in [0.29, 0.717) is 11.1 Å². The molecular weight excluding hydrogens is 269 g/mol. The Balaban J connectivity index is 2.55. The minimum Gasteiger partial charge on any atom is -0.395 e. The second-order valence-corrected chi connectivity index (χ2v) is 6.39. The van der Waals surface area contributed by atoms with Crippen LogP contribution in [0.1, 0.15) is 21.7 Å². The summed E-state index contributed by atoms with van der Waals surface area (Å²) in [6.07, 6.45) is 0. The molecule has 0 unspecified atom stereocenters. The van der Waals surface area contributed by atoms with E-state index < -0.39 is 13.4 Å². The van der Waals surface area contributed by atoms with Crippen LogP contribution >= 0.6 is 7.60 Å². The number of β-amino-alcohol motifs (C(OH)–C–C–N with tert-alkyl or cyclic N) is 1. The summed E-state index contributed by atoms with van der Waals surface area (Å²) in [7, 11) is -0.921. The minimum atomic E-state index is -3.49. The first-order valence-electron chi connectivity index (χ1n) is 5.81. The first-order chi connectivity index (χ1) is 9.09. The van der Waals surface area contributed by atoms with Gasteiger partial charge in [-0.1, -0.05) is 18.2 Å². The quantitative estimate of drug-likeness (QED) is 0.832. The average Bonchev–Trinajstić information content (AvgIpc) is 2.73. The molecule has 1 amide bonds. The first kappa shape index (κ1) is 14.2. The Kier molecular flexibility index (Phi) is 4.06. The van der Waals surface area contributed by atoms with Crippen molar-refractivity contribution in [1.82, 2.24) is 4.90 Å². The highest BCUT2D eigenvalue weighted by atomic mass is 31.2. The van der Waals surface area contributed by atoms with Crippen molar-refractivity contribution in [3.8, 4) is 0 Å². The van der Waals surface area contributed by atoms with Crippen LogP contribution in [0.5, 0.6) is 0 Å². The predicted octanol–water partition coefficient (Wildman–Crippen LogP) is 1.62. The van der Waals surface area contributed by atoms with Crippen LogP contribution in [0.25, 0.3) is 0 Å². The molecule has 1 aromatic rings. The molecule has 1 aliphatic heterocycles. The number of carbonyl (C=O) groups excluding carboxylic acids is 1. The molecule has 0 saturated carbocycles.